The van der Waals surface area contributed by atoms with Crippen LogP contribution in [0.3, 0.4) is 0 Å². The highest BCUT2D eigenvalue weighted by Crippen LogP contribution is 2.34. The summed E-state index contributed by atoms with van der Waals surface area (Å²) in [6, 6.07) is 23.1. The Labute approximate surface area is 204 Å². The average Bonchev–Trinajstić information content (AvgIpc) is 3.44. The molecule has 1 N–H and O–H groups in total. The topological polar surface area (TPSA) is 76.8 Å². The molecule has 1 aromatic heterocycles. The van der Waals surface area contributed by atoms with E-state index in [1.807, 2.05) is 84.3 Å². The number of nitrogens with zero attached hydrogens (tertiary/aromatic N) is 3. The van der Waals surface area contributed by atoms with Gasteiger partial charge in [-0.25, -0.2) is 4.98 Å². The summed E-state index contributed by atoms with van der Waals surface area (Å²) in [4.78, 5) is 19.6. The maximum Gasteiger partial charge on any atom is 0.227 e. The molecule has 0 radical (unpaired) electrons. The van der Waals surface area contributed by atoms with Gasteiger partial charge in [-0.05, 0) is 55.0 Å². The molecule has 0 saturated carbocycles. The van der Waals surface area contributed by atoms with Crippen molar-refractivity contribution in [1.29, 1.82) is 0 Å². The van der Waals surface area contributed by atoms with E-state index in [9.17, 15) is 9.90 Å². The zero-order valence-corrected chi connectivity index (χ0v) is 19.9. The lowest BCUT2D eigenvalue weighted by Crippen LogP contribution is -2.26. The summed E-state index contributed by atoms with van der Waals surface area (Å²) in [5, 5.41) is 10.9. The van der Waals surface area contributed by atoms with Gasteiger partial charge >= 0.3 is 0 Å². The number of anilines is 1. The Morgan fingerprint density at radius 1 is 1.06 bits per heavy atom. The Hall–Kier alpha value is -3.84. The molecule has 4 aromatic rings. The molecule has 180 valence electrons. The first-order valence-electron chi connectivity index (χ1n) is 11.8. The monoisotopic (exact) mass is 471 g/mol. The number of methoxy groups -OCH3 is 1. The van der Waals surface area contributed by atoms with E-state index < -0.39 is 6.10 Å². The third kappa shape index (κ3) is 4.72. The number of amides is 1. The van der Waals surface area contributed by atoms with Crippen LogP contribution < -0.4 is 14.4 Å². The van der Waals surface area contributed by atoms with Gasteiger partial charge < -0.3 is 24.0 Å². The van der Waals surface area contributed by atoms with Crippen molar-refractivity contribution in [2.24, 2.45) is 0 Å². The normalized spacial score (nSPS) is 16.6. The van der Waals surface area contributed by atoms with Crippen LogP contribution in [0.5, 0.6) is 11.5 Å². The van der Waals surface area contributed by atoms with E-state index in [-0.39, 0.29) is 18.4 Å². The van der Waals surface area contributed by atoms with Gasteiger partial charge in [-0.1, -0.05) is 30.3 Å². The number of carbonyl (C=O) groups is 1. The predicted molar refractivity (Wildman–Crippen MR) is 135 cm³/mol. The molecule has 5 rings (SSSR count). The van der Waals surface area contributed by atoms with Gasteiger partial charge in [0.2, 0.25) is 5.91 Å². The van der Waals surface area contributed by atoms with E-state index in [0.717, 1.165) is 39.6 Å². The van der Waals surface area contributed by atoms with Crippen molar-refractivity contribution in [2.75, 3.05) is 25.2 Å². The Balaban J connectivity index is 1.37. The largest absolute Gasteiger partial charge is 0.497 e. The number of aryl methyl sites for hydroxylation is 1. The first-order chi connectivity index (χ1) is 17.0. The standard InChI is InChI=1S/C28H29N3O4/c1-19-7-3-6-10-26(19)35-18-22(32)17-31-25-9-5-4-8-24(25)29-28(31)20-15-27(33)30(16-20)21-11-13-23(34-2)14-12-21/h3-14,20,22,32H,15-18H2,1-2H3/t20-,22-/m1/s1. The molecule has 0 aliphatic carbocycles. The number of para-hydroxylation sites is 3. The number of benzene rings is 3. The Bertz CT molecular complexity index is 1330. The van der Waals surface area contributed by atoms with Crippen molar-refractivity contribution in [1.82, 2.24) is 9.55 Å². The van der Waals surface area contributed by atoms with Crippen molar-refractivity contribution in [2.45, 2.75) is 31.9 Å². The highest BCUT2D eigenvalue weighted by molar-refractivity contribution is 5.96. The molecule has 2 atom stereocenters. The highest BCUT2D eigenvalue weighted by Gasteiger charge is 2.35. The molecule has 7 heteroatoms. The summed E-state index contributed by atoms with van der Waals surface area (Å²) >= 11 is 0. The van der Waals surface area contributed by atoms with E-state index in [4.69, 9.17) is 14.5 Å². The second-order valence-corrected chi connectivity index (χ2v) is 8.90. The van der Waals surface area contributed by atoms with E-state index in [1.54, 1.807) is 12.0 Å². The van der Waals surface area contributed by atoms with Gasteiger partial charge in [0.15, 0.2) is 0 Å². The summed E-state index contributed by atoms with van der Waals surface area (Å²) in [6.45, 7) is 3.01. The van der Waals surface area contributed by atoms with Crippen molar-refractivity contribution in [3.8, 4) is 11.5 Å². The lowest BCUT2D eigenvalue weighted by molar-refractivity contribution is -0.117. The molecule has 2 heterocycles. The minimum Gasteiger partial charge on any atom is -0.497 e. The van der Waals surface area contributed by atoms with Crippen LogP contribution in [0, 0.1) is 6.92 Å². The van der Waals surface area contributed by atoms with Crippen molar-refractivity contribution in [3.63, 3.8) is 0 Å². The summed E-state index contributed by atoms with van der Waals surface area (Å²) in [7, 11) is 1.62. The highest BCUT2D eigenvalue weighted by atomic mass is 16.5. The molecule has 0 bridgehead atoms. The number of hydrogen-bond donors (Lipinski definition) is 1. The zero-order valence-electron chi connectivity index (χ0n) is 19.9. The van der Waals surface area contributed by atoms with Gasteiger partial charge in [-0.3, -0.25) is 4.79 Å². The fourth-order valence-electron chi connectivity index (χ4n) is 4.66. The maximum absolute atomic E-state index is 12.9. The number of hydrogen-bond acceptors (Lipinski definition) is 5. The molecular formula is C28H29N3O4. The van der Waals surface area contributed by atoms with Crippen LogP contribution in [0.1, 0.15) is 23.7 Å². The van der Waals surface area contributed by atoms with Crippen LogP contribution in [0.25, 0.3) is 11.0 Å². The van der Waals surface area contributed by atoms with E-state index >= 15 is 0 Å². The number of carbonyl (C=O) groups excluding carboxylic acids is 1. The summed E-state index contributed by atoms with van der Waals surface area (Å²) in [5.74, 6) is 2.30. The van der Waals surface area contributed by atoms with Crippen LogP contribution in [0.4, 0.5) is 5.69 Å². The van der Waals surface area contributed by atoms with Crippen LogP contribution in [0.15, 0.2) is 72.8 Å². The number of aliphatic hydroxyl groups excluding tert-OH is 1. The van der Waals surface area contributed by atoms with Crippen LogP contribution >= 0.6 is 0 Å². The average molecular weight is 472 g/mol. The lowest BCUT2D eigenvalue weighted by Gasteiger charge is -2.19. The van der Waals surface area contributed by atoms with Gasteiger partial charge in [0, 0.05) is 24.6 Å². The molecular weight excluding hydrogens is 442 g/mol. The van der Waals surface area contributed by atoms with E-state index in [1.165, 1.54) is 0 Å². The molecule has 1 aliphatic heterocycles. The predicted octanol–water partition coefficient (Wildman–Crippen LogP) is 4.31. The van der Waals surface area contributed by atoms with Crippen molar-refractivity contribution < 1.29 is 19.4 Å². The smallest absolute Gasteiger partial charge is 0.227 e. The first kappa shape index (κ1) is 22.9. The molecule has 3 aromatic carbocycles. The first-order valence-corrected chi connectivity index (χ1v) is 11.8. The van der Waals surface area contributed by atoms with Gasteiger partial charge in [0.05, 0.1) is 24.7 Å². The zero-order chi connectivity index (χ0) is 24.4. The number of imidazole rings is 1. The summed E-state index contributed by atoms with van der Waals surface area (Å²) in [5.41, 5.74) is 3.65. The molecule has 1 amide bonds. The molecule has 1 saturated heterocycles. The Morgan fingerprint density at radius 2 is 1.80 bits per heavy atom. The molecule has 35 heavy (non-hydrogen) atoms. The lowest BCUT2D eigenvalue weighted by atomic mass is 10.1. The van der Waals surface area contributed by atoms with Gasteiger partial charge in [0.25, 0.3) is 0 Å². The SMILES string of the molecule is COc1ccc(N2C[C@H](c3nc4ccccc4n3C[C@@H](O)COc3ccccc3C)CC2=O)cc1. The quantitative estimate of drug-likeness (QED) is 0.414. The number of ether oxygens (including phenoxy) is 2. The van der Waals surface area contributed by atoms with E-state index in [0.29, 0.717) is 19.5 Å². The van der Waals surface area contributed by atoms with Gasteiger partial charge in [0.1, 0.15) is 30.0 Å². The Kier molecular flexibility index (Phi) is 6.42. The Morgan fingerprint density at radius 3 is 2.57 bits per heavy atom. The minimum atomic E-state index is -0.735. The third-order valence-corrected chi connectivity index (χ3v) is 6.48. The second-order valence-electron chi connectivity index (χ2n) is 8.90. The second kappa shape index (κ2) is 9.80. The van der Waals surface area contributed by atoms with Gasteiger partial charge in [-0.15, -0.1) is 0 Å². The maximum atomic E-state index is 12.9. The number of aliphatic hydroxyl groups is 1. The van der Waals surface area contributed by atoms with Crippen LogP contribution in [-0.2, 0) is 11.3 Å². The van der Waals surface area contributed by atoms with Crippen molar-refractivity contribution in [3.05, 3.63) is 84.2 Å². The molecule has 1 fully saturated rings. The van der Waals surface area contributed by atoms with Crippen LogP contribution in [0.2, 0.25) is 0 Å². The molecule has 7 nitrogen and oxygen atoms in total. The number of aromatic nitrogens is 2. The fraction of sp³-hybridized carbons (Fsp3) is 0.286. The molecule has 0 spiro atoms. The summed E-state index contributed by atoms with van der Waals surface area (Å²) in [6.07, 6.45) is -0.369. The van der Waals surface area contributed by atoms with E-state index in [2.05, 4.69) is 0 Å². The molecule has 1 aliphatic rings. The summed E-state index contributed by atoms with van der Waals surface area (Å²) < 4.78 is 13.2. The number of rotatable bonds is 8. The fourth-order valence-corrected chi connectivity index (χ4v) is 4.66. The minimum absolute atomic E-state index is 0.0576. The van der Waals surface area contributed by atoms with Crippen LogP contribution in [-0.4, -0.2) is 46.9 Å². The third-order valence-electron chi connectivity index (χ3n) is 6.48. The van der Waals surface area contributed by atoms with Gasteiger partial charge in [-0.2, -0.15) is 0 Å². The number of fused-ring (bicyclic) bond motifs is 1. The molecule has 0 unspecified atom stereocenters. The van der Waals surface area contributed by atoms with Crippen molar-refractivity contribution >= 4 is 22.6 Å².